The van der Waals surface area contributed by atoms with Crippen molar-refractivity contribution < 1.29 is 18.7 Å². The van der Waals surface area contributed by atoms with Gasteiger partial charge in [-0.2, -0.15) is 5.26 Å². The predicted octanol–water partition coefficient (Wildman–Crippen LogP) is 3.37. The third-order valence-corrected chi connectivity index (χ3v) is 4.47. The van der Waals surface area contributed by atoms with E-state index < -0.39 is 5.97 Å². The number of carbonyl (C=O) groups excluding carboxylic acids is 2. The summed E-state index contributed by atoms with van der Waals surface area (Å²) in [6.45, 7) is 6.50. The van der Waals surface area contributed by atoms with Gasteiger partial charge < -0.3 is 14.1 Å². The van der Waals surface area contributed by atoms with Gasteiger partial charge in [0.15, 0.2) is 0 Å². The Bertz CT molecular complexity index is 906. The topological polar surface area (TPSA) is 86.8 Å². The zero-order chi connectivity index (χ0) is 21.6. The molecule has 0 N–H and O–H groups in total. The molecule has 0 saturated heterocycles. The third kappa shape index (κ3) is 5.93. The maximum atomic E-state index is 13.0. The number of hydrogen-bond donors (Lipinski definition) is 0. The van der Waals surface area contributed by atoms with Gasteiger partial charge in [-0.05, 0) is 57.1 Å². The van der Waals surface area contributed by atoms with Gasteiger partial charge in [0, 0.05) is 12.2 Å². The van der Waals surface area contributed by atoms with E-state index in [2.05, 4.69) is 6.07 Å². The van der Waals surface area contributed by atoms with E-state index in [9.17, 15) is 9.59 Å². The maximum Gasteiger partial charge on any atom is 0.341 e. The number of furan rings is 1. The molecule has 0 bridgehead atoms. The van der Waals surface area contributed by atoms with E-state index in [0.29, 0.717) is 30.2 Å². The molecule has 1 amide bonds. The van der Waals surface area contributed by atoms with Crippen LogP contribution in [0.25, 0.3) is 0 Å². The third-order valence-electron chi connectivity index (χ3n) is 4.47. The van der Waals surface area contributed by atoms with Gasteiger partial charge in [0.05, 0.1) is 32.7 Å². The maximum absolute atomic E-state index is 13.0. The van der Waals surface area contributed by atoms with E-state index in [1.54, 1.807) is 24.9 Å². The molecule has 0 unspecified atom stereocenters. The molecule has 2 rings (SSSR count). The second-order valence-electron chi connectivity index (χ2n) is 7.15. The SMILES string of the molecule is COC(=O)c1cc(CN(C)CC(=O)N(CCC#N)c2cc(C)cc(C)c2)oc1C. The molecule has 2 aromatic rings. The van der Waals surface area contributed by atoms with Crippen LogP contribution in [0, 0.1) is 32.1 Å². The first-order valence-electron chi connectivity index (χ1n) is 9.37. The quantitative estimate of drug-likeness (QED) is 0.635. The fourth-order valence-corrected chi connectivity index (χ4v) is 3.24. The predicted molar refractivity (Wildman–Crippen MR) is 110 cm³/mol. The van der Waals surface area contributed by atoms with E-state index in [-0.39, 0.29) is 18.9 Å². The molecular formula is C22H27N3O4. The summed E-state index contributed by atoms with van der Waals surface area (Å²) >= 11 is 0. The molecule has 0 spiro atoms. The number of nitriles is 1. The summed E-state index contributed by atoms with van der Waals surface area (Å²) in [5.41, 5.74) is 3.29. The second-order valence-corrected chi connectivity index (χ2v) is 7.15. The molecule has 0 aliphatic carbocycles. The zero-order valence-electron chi connectivity index (χ0n) is 17.6. The van der Waals surface area contributed by atoms with Crippen molar-refractivity contribution in [3.8, 4) is 6.07 Å². The van der Waals surface area contributed by atoms with Gasteiger partial charge in [0.25, 0.3) is 0 Å². The van der Waals surface area contributed by atoms with Crippen LogP contribution in [0.3, 0.4) is 0 Å². The van der Waals surface area contributed by atoms with Crippen molar-refractivity contribution in [2.45, 2.75) is 33.7 Å². The number of amides is 1. The Kier molecular flexibility index (Phi) is 7.57. The lowest BCUT2D eigenvalue weighted by Crippen LogP contribution is -2.39. The van der Waals surface area contributed by atoms with Crippen LogP contribution in [-0.2, 0) is 16.1 Å². The molecule has 1 aromatic heterocycles. The number of methoxy groups -OCH3 is 1. The number of hydrogen-bond acceptors (Lipinski definition) is 6. The van der Waals surface area contributed by atoms with E-state index >= 15 is 0 Å². The Morgan fingerprint density at radius 1 is 1.14 bits per heavy atom. The molecule has 1 heterocycles. The largest absolute Gasteiger partial charge is 0.465 e. The highest BCUT2D eigenvalue weighted by Crippen LogP contribution is 2.20. The highest BCUT2D eigenvalue weighted by Gasteiger charge is 2.20. The molecule has 154 valence electrons. The lowest BCUT2D eigenvalue weighted by atomic mass is 10.1. The lowest BCUT2D eigenvalue weighted by Gasteiger charge is -2.25. The van der Waals surface area contributed by atoms with E-state index in [1.165, 1.54) is 7.11 Å². The average molecular weight is 397 g/mol. The van der Waals surface area contributed by atoms with Gasteiger partial charge in [-0.25, -0.2) is 4.79 Å². The van der Waals surface area contributed by atoms with Gasteiger partial charge >= 0.3 is 5.97 Å². The fraction of sp³-hybridized carbons (Fsp3) is 0.409. The zero-order valence-corrected chi connectivity index (χ0v) is 17.6. The summed E-state index contributed by atoms with van der Waals surface area (Å²) in [5.74, 6) is 0.503. The highest BCUT2D eigenvalue weighted by atomic mass is 16.5. The highest BCUT2D eigenvalue weighted by molar-refractivity contribution is 5.95. The number of benzene rings is 1. The van der Waals surface area contributed by atoms with Gasteiger partial charge in [0.2, 0.25) is 5.91 Å². The Hall–Kier alpha value is -3.11. The van der Waals surface area contributed by atoms with Crippen LogP contribution < -0.4 is 4.90 Å². The summed E-state index contributed by atoms with van der Waals surface area (Å²) < 4.78 is 10.4. The number of esters is 1. The van der Waals surface area contributed by atoms with Crippen molar-refractivity contribution in [1.82, 2.24) is 4.90 Å². The van der Waals surface area contributed by atoms with Crippen molar-refractivity contribution >= 4 is 17.6 Å². The lowest BCUT2D eigenvalue weighted by molar-refractivity contribution is -0.119. The minimum Gasteiger partial charge on any atom is -0.465 e. The average Bonchev–Trinajstić information content (AvgIpc) is 3.00. The fourth-order valence-electron chi connectivity index (χ4n) is 3.24. The molecule has 29 heavy (non-hydrogen) atoms. The van der Waals surface area contributed by atoms with Crippen molar-refractivity contribution in [1.29, 1.82) is 5.26 Å². The van der Waals surface area contributed by atoms with Crippen LogP contribution in [0.1, 0.15) is 39.4 Å². The molecule has 0 aliphatic heterocycles. The molecule has 0 aliphatic rings. The first kappa shape index (κ1) is 22.2. The first-order chi connectivity index (χ1) is 13.7. The number of rotatable bonds is 8. The molecule has 1 aromatic carbocycles. The molecule has 7 nitrogen and oxygen atoms in total. The Labute approximate surface area is 171 Å². The van der Waals surface area contributed by atoms with Crippen molar-refractivity contribution in [3.05, 3.63) is 52.5 Å². The molecule has 0 saturated carbocycles. The normalized spacial score (nSPS) is 10.7. The van der Waals surface area contributed by atoms with Crippen LogP contribution in [-0.4, -0.2) is 44.0 Å². The standard InChI is InChI=1S/C22H27N3O4/c1-15-9-16(2)11-18(10-15)25(8-6-7-23)21(26)14-24(4)13-19-12-20(17(3)29-19)22(27)28-5/h9-12H,6,8,13-14H2,1-5H3. The van der Waals surface area contributed by atoms with Crippen LogP contribution >= 0.6 is 0 Å². The van der Waals surface area contributed by atoms with Crippen molar-refractivity contribution in [2.75, 3.05) is 32.1 Å². The first-order valence-corrected chi connectivity index (χ1v) is 9.37. The molecule has 7 heteroatoms. The van der Waals surface area contributed by atoms with Gasteiger partial charge in [-0.1, -0.05) is 6.07 Å². The number of likely N-dealkylation sites (N-methyl/N-ethyl adjacent to an activating group) is 1. The molecular weight excluding hydrogens is 370 g/mol. The number of carbonyl (C=O) groups is 2. The molecule has 0 fully saturated rings. The van der Waals surface area contributed by atoms with E-state index in [0.717, 1.165) is 16.8 Å². The van der Waals surface area contributed by atoms with E-state index in [4.69, 9.17) is 14.4 Å². The van der Waals surface area contributed by atoms with Gasteiger partial charge in [0.1, 0.15) is 17.1 Å². The van der Waals surface area contributed by atoms with Crippen molar-refractivity contribution in [3.63, 3.8) is 0 Å². The van der Waals surface area contributed by atoms with Crippen LogP contribution in [0.15, 0.2) is 28.7 Å². The van der Waals surface area contributed by atoms with Gasteiger partial charge in [-0.15, -0.1) is 0 Å². The Balaban J connectivity index is 2.12. The molecule has 0 atom stereocenters. The summed E-state index contributed by atoms with van der Waals surface area (Å²) in [6.07, 6.45) is 0.252. The summed E-state index contributed by atoms with van der Waals surface area (Å²) in [4.78, 5) is 28.2. The smallest absolute Gasteiger partial charge is 0.341 e. The number of aryl methyl sites for hydroxylation is 3. The van der Waals surface area contributed by atoms with Crippen molar-refractivity contribution in [2.24, 2.45) is 0 Å². The van der Waals surface area contributed by atoms with E-state index in [1.807, 2.05) is 36.9 Å². The number of ether oxygens (including phenoxy) is 1. The second kappa shape index (κ2) is 9.89. The van der Waals surface area contributed by atoms with Gasteiger partial charge in [-0.3, -0.25) is 9.69 Å². The monoisotopic (exact) mass is 397 g/mol. The Morgan fingerprint density at radius 3 is 2.38 bits per heavy atom. The number of nitrogens with zero attached hydrogens (tertiary/aromatic N) is 3. The summed E-state index contributed by atoms with van der Waals surface area (Å²) in [7, 11) is 3.12. The minimum absolute atomic E-state index is 0.107. The summed E-state index contributed by atoms with van der Waals surface area (Å²) in [6, 6.07) is 9.68. The summed E-state index contributed by atoms with van der Waals surface area (Å²) in [5, 5.41) is 8.97. The van der Waals surface area contributed by atoms with Crippen LogP contribution in [0.5, 0.6) is 0 Å². The van der Waals surface area contributed by atoms with Crippen LogP contribution in [0.4, 0.5) is 5.69 Å². The van der Waals surface area contributed by atoms with Crippen LogP contribution in [0.2, 0.25) is 0 Å². The minimum atomic E-state index is -0.450. The Morgan fingerprint density at radius 2 is 1.79 bits per heavy atom. The molecule has 0 radical (unpaired) electrons. The number of anilines is 1.